The maximum absolute atomic E-state index is 13.7. The van der Waals surface area contributed by atoms with E-state index in [-0.39, 0.29) is 18.7 Å². The van der Waals surface area contributed by atoms with Crippen molar-refractivity contribution >= 4 is 11.9 Å². The molecule has 0 saturated carbocycles. The van der Waals surface area contributed by atoms with Gasteiger partial charge in [0, 0.05) is 12.8 Å². The van der Waals surface area contributed by atoms with E-state index < -0.39 is 17.4 Å². The van der Waals surface area contributed by atoms with Gasteiger partial charge in [-0.2, -0.15) is 0 Å². The van der Waals surface area contributed by atoms with Crippen molar-refractivity contribution in [2.75, 3.05) is 0 Å². The molecule has 5 aromatic rings. The minimum absolute atomic E-state index is 0.0573. The normalized spacial score (nSPS) is 11.9. The average molecular weight is 526 g/mol. The van der Waals surface area contributed by atoms with Crippen LogP contribution in [0.3, 0.4) is 0 Å². The molecule has 0 aliphatic heterocycles. The third-order valence-corrected chi connectivity index (χ3v) is 7.36. The van der Waals surface area contributed by atoms with Gasteiger partial charge in [-0.15, -0.1) is 0 Å². The Morgan fingerprint density at radius 1 is 0.575 bits per heavy atom. The summed E-state index contributed by atoms with van der Waals surface area (Å²) in [7, 11) is 0. The number of hydrogen-bond acceptors (Lipinski definition) is 2. The van der Waals surface area contributed by atoms with Gasteiger partial charge in [0.05, 0.1) is 5.41 Å². The lowest BCUT2D eigenvalue weighted by Crippen LogP contribution is -2.45. The number of rotatable bonds is 10. The highest BCUT2D eigenvalue weighted by Gasteiger charge is 2.39. The first-order chi connectivity index (χ1) is 19.6. The van der Waals surface area contributed by atoms with Gasteiger partial charge in [0.1, 0.15) is 6.04 Å². The monoisotopic (exact) mass is 525 g/mol. The minimum Gasteiger partial charge on any atom is -0.480 e. The first-order valence-electron chi connectivity index (χ1n) is 13.4. The molecule has 0 aliphatic rings. The Morgan fingerprint density at radius 3 is 1.40 bits per heavy atom. The van der Waals surface area contributed by atoms with Crippen LogP contribution in [0.1, 0.15) is 28.7 Å². The molecular formula is C36H31NO3. The summed E-state index contributed by atoms with van der Waals surface area (Å²) in [5.74, 6) is -1.39. The Labute approximate surface area is 235 Å². The minimum atomic E-state index is -1.06. The Bertz CT molecular complexity index is 1440. The zero-order valence-electron chi connectivity index (χ0n) is 22.1. The molecule has 0 unspecified atom stereocenters. The molecule has 0 fully saturated rings. The third-order valence-electron chi connectivity index (χ3n) is 7.36. The van der Waals surface area contributed by atoms with Crippen LogP contribution in [0.4, 0.5) is 0 Å². The SMILES string of the molecule is O=C(CC(c1ccccc1)(c1ccccc1)c1ccccc1)N[C@H](Cc1ccc(-c2ccccc2)cc1)C(=O)O. The van der Waals surface area contributed by atoms with E-state index in [1.54, 1.807) is 0 Å². The summed E-state index contributed by atoms with van der Waals surface area (Å²) in [6.45, 7) is 0. The molecule has 0 aromatic heterocycles. The second kappa shape index (κ2) is 12.3. The molecule has 0 heterocycles. The number of carbonyl (C=O) groups excluding carboxylic acids is 1. The van der Waals surface area contributed by atoms with Crippen molar-refractivity contribution in [1.29, 1.82) is 0 Å². The quantitative estimate of drug-likeness (QED) is 0.195. The van der Waals surface area contributed by atoms with Gasteiger partial charge in [-0.1, -0.05) is 146 Å². The van der Waals surface area contributed by atoms with E-state index in [0.29, 0.717) is 0 Å². The van der Waals surface area contributed by atoms with Crippen LogP contribution in [-0.4, -0.2) is 23.0 Å². The van der Waals surface area contributed by atoms with E-state index in [4.69, 9.17) is 0 Å². The van der Waals surface area contributed by atoms with E-state index in [2.05, 4.69) is 5.32 Å². The van der Waals surface area contributed by atoms with Crippen LogP contribution >= 0.6 is 0 Å². The molecular weight excluding hydrogens is 494 g/mol. The van der Waals surface area contributed by atoms with Gasteiger partial charge in [0.25, 0.3) is 0 Å². The van der Waals surface area contributed by atoms with Crippen LogP contribution < -0.4 is 5.32 Å². The van der Waals surface area contributed by atoms with Gasteiger partial charge < -0.3 is 10.4 Å². The molecule has 4 heteroatoms. The number of carboxylic acid groups (broad SMARTS) is 1. The molecule has 1 atom stereocenters. The largest absolute Gasteiger partial charge is 0.480 e. The van der Waals surface area contributed by atoms with Crippen LogP contribution in [0.25, 0.3) is 11.1 Å². The second-order valence-electron chi connectivity index (χ2n) is 9.91. The highest BCUT2D eigenvalue weighted by molar-refractivity contribution is 5.85. The number of benzene rings is 5. The molecule has 40 heavy (non-hydrogen) atoms. The van der Waals surface area contributed by atoms with Crippen molar-refractivity contribution in [2.24, 2.45) is 0 Å². The zero-order chi connectivity index (χ0) is 27.8. The van der Waals surface area contributed by atoms with Gasteiger partial charge in [-0.3, -0.25) is 4.79 Å². The highest BCUT2D eigenvalue weighted by Crippen LogP contribution is 2.42. The lowest BCUT2D eigenvalue weighted by Gasteiger charge is -2.36. The van der Waals surface area contributed by atoms with Gasteiger partial charge in [-0.05, 0) is 33.4 Å². The predicted octanol–water partition coefficient (Wildman–Crippen LogP) is 6.89. The Kier molecular flexibility index (Phi) is 8.17. The lowest BCUT2D eigenvalue weighted by atomic mass is 9.67. The van der Waals surface area contributed by atoms with E-state index in [1.165, 1.54) is 0 Å². The van der Waals surface area contributed by atoms with Gasteiger partial charge in [-0.25, -0.2) is 4.79 Å². The Hall–Kier alpha value is -4.96. The van der Waals surface area contributed by atoms with Crippen molar-refractivity contribution in [1.82, 2.24) is 5.32 Å². The fourth-order valence-corrected chi connectivity index (χ4v) is 5.36. The van der Waals surface area contributed by atoms with Crippen LogP contribution in [0.5, 0.6) is 0 Å². The summed E-state index contributed by atoms with van der Waals surface area (Å²) in [4.78, 5) is 26.0. The summed E-state index contributed by atoms with van der Waals surface area (Å²) >= 11 is 0. The van der Waals surface area contributed by atoms with Crippen molar-refractivity contribution in [2.45, 2.75) is 24.3 Å². The average Bonchev–Trinajstić information content (AvgIpc) is 3.01. The third kappa shape index (κ3) is 5.87. The number of hydrogen-bond donors (Lipinski definition) is 2. The summed E-state index contributed by atoms with van der Waals surface area (Å²) in [6, 6.07) is 46.6. The maximum Gasteiger partial charge on any atom is 0.326 e. The number of nitrogens with one attached hydrogen (secondary N) is 1. The summed E-state index contributed by atoms with van der Waals surface area (Å²) in [5, 5.41) is 12.9. The highest BCUT2D eigenvalue weighted by atomic mass is 16.4. The molecule has 4 nitrogen and oxygen atoms in total. The molecule has 198 valence electrons. The fourth-order valence-electron chi connectivity index (χ4n) is 5.36. The number of amides is 1. The molecule has 2 N–H and O–H groups in total. The molecule has 5 aromatic carbocycles. The molecule has 5 rings (SSSR count). The van der Waals surface area contributed by atoms with Crippen molar-refractivity contribution in [3.8, 4) is 11.1 Å². The fraction of sp³-hybridized carbons (Fsp3) is 0.111. The Balaban J connectivity index is 1.43. The standard InChI is InChI=1S/C36H31NO3/c38-34(37-33(35(39)40)25-27-21-23-29(24-22-27)28-13-5-1-6-14-28)26-36(30-15-7-2-8-16-30,31-17-9-3-10-18-31)32-19-11-4-12-20-32/h1-24,33H,25-26H2,(H,37,38)(H,39,40)/t33-/m1/s1. The lowest BCUT2D eigenvalue weighted by molar-refractivity contribution is -0.141. The topological polar surface area (TPSA) is 66.4 Å². The molecule has 0 radical (unpaired) electrons. The number of carboxylic acids is 1. The van der Waals surface area contributed by atoms with Crippen molar-refractivity contribution in [3.63, 3.8) is 0 Å². The molecule has 0 aliphatic carbocycles. The summed E-state index contributed by atoms with van der Waals surface area (Å²) in [6.07, 6.45) is 0.243. The molecule has 0 saturated heterocycles. The van der Waals surface area contributed by atoms with E-state index >= 15 is 0 Å². The molecule has 0 spiro atoms. The van der Waals surface area contributed by atoms with Crippen molar-refractivity contribution in [3.05, 3.63) is 168 Å². The van der Waals surface area contributed by atoms with Gasteiger partial charge >= 0.3 is 5.97 Å². The molecule has 0 bridgehead atoms. The first-order valence-corrected chi connectivity index (χ1v) is 13.4. The van der Waals surface area contributed by atoms with Crippen LogP contribution in [-0.2, 0) is 21.4 Å². The van der Waals surface area contributed by atoms with Crippen LogP contribution in [0.2, 0.25) is 0 Å². The predicted molar refractivity (Wildman–Crippen MR) is 159 cm³/mol. The summed E-state index contributed by atoms with van der Waals surface area (Å²) < 4.78 is 0. The Morgan fingerprint density at radius 2 is 0.975 bits per heavy atom. The van der Waals surface area contributed by atoms with E-state index in [1.807, 2.05) is 146 Å². The van der Waals surface area contributed by atoms with E-state index in [9.17, 15) is 14.7 Å². The van der Waals surface area contributed by atoms with Crippen LogP contribution in [0.15, 0.2) is 146 Å². The second-order valence-corrected chi connectivity index (χ2v) is 9.91. The number of aliphatic carboxylic acids is 1. The number of carbonyl (C=O) groups is 2. The van der Waals surface area contributed by atoms with Crippen molar-refractivity contribution < 1.29 is 14.7 Å². The summed E-state index contributed by atoms with van der Waals surface area (Å²) in [5.41, 5.74) is 5.08. The van der Waals surface area contributed by atoms with E-state index in [0.717, 1.165) is 33.4 Å². The zero-order valence-corrected chi connectivity index (χ0v) is 22.1. The molecule has 1 amide bonds. The smallest absolute Gasteiger partial charge is 0.326 e. The van der Waals surface area contributed by atoms with Crippen LogP contribution in [0, 0.1) is 0 Å². The first kappa shape index (κ1) is 26.6. The van der Waals surface area contributed by atoms with Gasteiger partial charge in [0.15, 0.2) is 0 Å². The maximum atomic E-state index is 13.7. The van der Waals surface area contributed by atoms with Gasteiger partial charge in [0.2, 0.25) is 5.91 Å².